The summed E-state index contributed by atoms with van der Waals surface area (Å²) < 4.78 is 12.4. The van der Waals surface area contributed by atoms with Crippen molar-refractivity contribution in [1.29, 1.82) is 0 Å². The van der Waals surface area contributed by atoms with E-state index in [1.165, 1.54) is 12.1 Å². The molecule has 0 saturated carbocycles. The van der Waals surface area contributed by atoms with E-state index in [0.29, 0.717) is 11.4 Å². The summed E-state index contributed by atoms with van der Waals surface area (Å²) in [5.74, 6) is -0.276. The second-order valence-corrected chi connectivity index (χ2v) is 2.46. The molecule has 0 fully saturated rings. The third kappa shape index (κ3) is 2.69. The lowest BCUT2D eigenvalue weighted by atomic mass is 10.2. The molecule has 11 heavy (non-hydrogen) atoms. The topological polar surface area (TPSA) is 26.0 Å². The number of halogens is 2. The Morgan fingerprint density at radius 1 is 1.45 bits per heavy atom. The summed E-state index contributed by atoms with van der Waals surface area (Å²) >= 11 is 4.03. The molecule has 0 bridgehead atoms. The number of thiol groups is 1. The Labute approximate surface area is 76.6 Å². The Bertz CT molecular complexity index is 242. The Hall–Kier alpha value is -0.250. The lowest BCUT2D eigenvalue weighted by molar-refractivity contribution is 0.623. The molecule has 1 aromatic rings. The summed E-state index contributed by atoms with van der Waals surface area (Å²) in [5.41, 5.74) is 6.19. The van der Waals surface area contributed by atoms with E-state index < -0.39 is 0 Å². The summed E-state index contributed by atoms with van der Waals surface area (Å²) in [6.45, 7) is 0.402. The number of hydrogen-bond acceptors (Lipinski definition) is 2. The molecule has 0 aliphatic rings. The quantitative estimate of drug-likeness (QED) is 0.656. The van der Waals surface area contributed by atoms with Crippen LogP contribution < -0.4 is 5.73 Å². The van der Waals surface area contributed by atoms with Gasteiger partial charge < -0.3 is 5.73 Å². The molecule has 0 saturated heterocycles. The monoisotopic (exact) mass is 193 g/mol. The highest BCUT2D eigenvalue weighted by Crippen LogP contribution is 2.13. The van der Waals surface area contributed by atoms with Crippen LogP contribution in [0, 0.1) is 5.82 Å². The number of hydrogen-bond donors (Lipinski definition) is 2. The van der Waals surface area contributed by atoms with Crippen molar-refractivity contribution < 1.29 is 4.39 Å². The van der Waals surface area contributed by atoms with Crippen LogP contribution in [0.5, 0.6) is 0 Å². The van der Waals surface area contributed by atoms with Crippen LogP contribution in [0.2, 0.25) is 0 Å². The first-order valence-corrected chi connectivity index (χ1v) is 3.36. The molecule has 1 aromatic carbocycles. The van der Waals surface area contributed by atoms with E-state index in [2.05, 4.69) is 12.6 Å². The first-order chi connectivity index (χ1) is 4.74. The highest BCUT2D eigenvalue weighted by molar-refractivity contribution is 7.80. The van der Waals surface area contributed by atoms with Crippen LogP contribution in [-0.4, -0.2) is 0 Å². The predicted octanol–water partition coefficient (Wildman–Crippen LogP) is 1.99. The lowest BCUT2D eigenvalue weighted by Gasteiger charge is -1.99. The maximum atomic E-state index is 12.4. The number of nitrogens with two attached hydrogens (primary N) is 1. The zero-order valence-corrected chi connectivity index (χ0v) is 7.46. The molecule has 1 nitrogen and oxygen atoms in total. The Morgan fingerprint density at radius 2 is 2.09 bits per heavy atom. The van der Waals surface area contributed by atoms with E-state index in [4.69, 9.17) is 5.73 Å². The van der Waals surface area contributed by atoms with E-state index in [-0.39, 0.29) is 18.2 Å². The van der Waals surface area contributed by atoms with Gasteiger partial charge in [-0.05, 0) is 17.7 Å². The van der Waals surface area contributed by atoms with Gasteiger partial charge in [0.25, 0.3) is 0 Å². The molecule has 0 aromatic heterocycles. The third-order valence-corrected chi connectivity index (χ3v) is 1.68. The molecule has 0 aliphatic heterocycles. The molecule has 2 N–H and O–H groups in total. The van der Waals surface area contributed by atoms with Gasteiger partial charge in [0, 0.05) is 11.4 Å². The zero-order chi connectivity index (χ0) is 7.56. The van der Waals surface area contributed by atoms with Crippen molar-refractivity contribution in [2.75, 3.05) is 0 Å². The largest absolute Gasteiger partial charge is 0.326 e. The van der Waals surface area contributed by atoms with Gasteiger partial charge in [0.15, 0.2) is 0 Å². The van der Waals surface area contributed by atoms with Gasteiger partial charge in [-0.15, -0.1) is 25.0 Å². The van der Waals surface area contributed by atoms with Gasteiger partial charge in [-0.25, -0.2) is 4.39 Å². The highest BCUT2D eigenvalue weighted by atomic mass is 35.5. The summed E-state index contributed by atoms with van der Waals surface area (Å²) in [7, 11) is 0. The third-order valence-electron chi connectivity index (χ3n) is 1.27. The second kappa shape index (κ2) is 4.59. The molecule has 0 heterocycles. The van der Waals surface area contributed by atoms with Gasteiger partial charge in [-0.1, -0.05) is 6.07 Å². The molecule has 0 unspecified atom stereocenters. The van der Waals surface area contributed by atoms with E-state index in [9.17, 15) is 4.39 Å². The van der Waals surface area contributed by atoms with Crippen LogP contribution in [-0.2, 0) is 6.54 Å². The van der Waals surface area contributed by atoms with Gasteiger partial charge in [0.1, 0.15) is 5.82 Å². The molecule has 0 spiro atoms. The average molecular weight is 194 g/mol. The molecule has 0 radical (unpaired) electrons. The Kier molecular flexibility index (Phi) is 4.49. The average Bonchev–Trinajstić information content (AvgIpc) is 1.88. The molecule has 62 valence electrons. The van der Waals surface area contributed by atoms with Crippen molar-refractivity contribution >= 4 is 25.0 Å². The van der Waals surface area contributed by atoms with Gasteiger partial charge in [-0.3, -0.25) is 0 Å². The second-order valence-electron chi connectivity index (χ2n) is 1.98. The maximum absolute atomic E-state index is 12.4. The SMILES string of the molecule is Cl.NCc1ccc(F)cc1S. The fourth-order valence-corrected chi connectivity index (χ4v) is 0.999. The minimum atomic E-state index is -0.276. The Morgan fingerprint density at radius 3 is 2.55 bits per heavy atom. The summed E-state index contributed by atoms with van der Waals surface area (Å²) in [6.07, 6.45) is 0. The van der Waals surface area contributed by atoms with Gasteiger partial charge in [0.2, 0.25) is 0 Å². The van der Waals surface area contributed by atoms with Crippen molar-refractivity contribution in [3.63, 3.8) is 0 Å². The fourth-order valence-electron chi connectivity index (χ4n) is 0.710. The molecule has 0 atom stereocenters. The van der Waals surface area contributed by atoms with Crippen molar-refractivity contribution in [2.24, 2.45) is 5.73 Å². The zero-order valence-electron chi connectivity index (χ0n) is 5.75. The summed E-state index contributed by atoms with van der Waals surface area (Å²) in [4.78, 5) is 0.613. The number of benzene rings is 1. The summed E-state index contributed by atoms with van der Waals surface area (Å²) in [6, 6.07) is 4.37. The van der Waals surface area contributed by atoms with Crippen LogP contribution in [0.1, 0.15) is 5.56 Å². The Balaban J connectivity index is 0.000001000. The number of rotatable bonds is 1. The van der Waals surface area contributed by atoms with Crippen LogP contribution in [0.15, 0.2) is 23.1 Å². The molecule has 0 aliphatic carbocycles. The van der Waals surface area contributed by atoms with E-state index in [1.807, 2.05) is 0 Å². The maximum Gasteiger partial charge on any atom is 0.124 e. The first-order valence-electron chi connectivity index (χ1n) is 2.91. The van der Waals surface area contributed by atoms with E-state index >= 15 is 0 Å². The highest BCUT2D eigenvalue weighted by Gasteiger charge is 1.96. The smallest absolute Gasteiger partial charge is 0.124 e. The van der Waals surface area contributed by atoms with Crippen LogP contribution in [0.3, 0.4) is 0 Å². The van der Waals surface area contributed by atoms with Crippen molar-refractivity contribution in [3.8, 4) is 0 Å². The van der Waals surface area contributed by atoms with Crippen molar-refractivity contribution in [2.45, 2.75) is 11.4 Å². The van der Waals surface area contributed by atoms with E-state index in [1.54, 1.807) is 6.07 Å². The molecule has 1 rings (SSSR count). The van der Waals surface area contributed by atoms with Crippen LogP contribution >= 0.6 is 25.0 Å². The van der Waals surface area contributed by atoms with Gasteiger partial charge in [0.05, 0.1) is 0 Å². The van der Waals surface area contributed by atoms with Gasteiger partial charge >= 0.3 is 0 Å². The minimum Gasteiger partial charge on any atom is -0.326 e. The minimum absolute atomic E-state index is 0. The fraction of sp³-hybridized carbons (Fsp3) is 0.143. The predicted molar refractivity (Wildman–Crippen MR) is 48.8 cm³/mol. The van der Waals surface area contributed by atoms with Crippen molar-refractivity contribution in [3.05, 3.63) is 29.6 Å². The van der Waals surface area contributed by atoms with E-state index in [0.717, 1.165) is 5.56 Å². The molecular formula is C7H9ClFNS. The lowest BCUT2D eigenvalue weighted by Crippen LogP contribution is -1.97. The standard InChI is InChI=1S/C7H8FNS.ClH/c8-6-2-1-5(4-9)7(10)3-6;/h1-3,10H,4,9H2;1H. The summed E-state index contributed by atoms with van der Waals surface area (Å²) in [5, 5.41) is 0. The first kappa shape index (κ1) is 10.8. The normalized spacial score (nSPS) is 9.00. The molecular weight excluding hydrogens is 185 g/mol. The molecule has 4 heteroatoms. The van der Waals surface area contributed by atoms with Crippen LogP contribution in [0.4, 0.5) is 4.39 Å². The van der Waals surface area contributed by atoms with Crippen molar-refractivity contribution in [1.82, 2.24) is 0 Å². The van der Waals surface area contributed by atoms with Gasteiger partial charge in [-0.2, -0.15) is 0 Å². The van der Waals surface area contributed by atoms with Crippen LogP contribution in [0.25, 0.3) is 0 Å². The molecule has 0 amide bonds.